The van der Waals surface area contributed by atoms with Crippen LogP contribution in [0.15, 0.2) is 22.7 Å². The van der Waals surface area contributed by atoms with Gasteiger partial charge in [-0.3, -0.25) is 4.79 Å². The van der Waals surface area contributed by atoms with Crippen LogP contribution in [0, 0.1) is 5.92 Å². The Labute approximate surface area is 113 Å². The van der Waals surface area contributed by atoms with Gasteiger partial charge in [0.15, 0.2) is 0 Å². The molecule has 0 aliphatic carbocycles. The minimum atomic E-state index is -1.09. The number of carbonyl (C=O) groups is 2. The van der Waals surface area contributed by atoms with E-state index < -0.39 is 5.97 Å². The Morgan fingerprint density at radius 3 is 2.67 bits per heavy atom. The molecule has 0 saturated carbocycles. The standard InChI is InChI=1S/C12H15BrN2O3/c1-2-7(6-14)11(16)15-10-4-3-8(13)5-9(10)12(17)18/h3-5,7H,2,6,14H2,1H3,(H,15,16)(H,17,18). The third-order valence-electron chi connectivity index (χ3n) is 2.62. The van der Waals surface area contributed by atoms with Gasteiger partial charge in [0.1, 0.15) is 0 Å². The summed E-state index contributed by atoms with van der Waals surface area (Å²) in [7, 11) is 0. The van der Waals surface area contributed by atoms with E-state index in [1.807, 2.05) is 6.92 Å². The molecule has 1 rings (SSSR count). The highest BCUT2D eigenvalue weighted by molar-refractivity contribution is 9.10. The molecule has 0 bridgehead atoms. The van der Waals surface area contributed by atoms with Gasteiger partial charge in [-0.05, 0) is 24.6 Å². The number of hydrogen-bond donors (Lipinski definition) is 3. The van der Waals surface area contributed by atoms with Gasteiger partial charge in [-0.25, -0.2) is 4.79 Å². The molecule has 1 atom stereocenters. The van der Waals surface area contributed by atoms with Crippen molar-refractivity contribution in [3.63, 3.8) is 0 Å². The van der Waals surface area contributed by atoms with E-state index in [-0.39, 0.29) is 29.6 Å². The second-order valence-corrected chi connectivity index (χ2v) is 4.74. The monoisotopic (exact) mass is 314 g/mol. The third-order valence-corrected chi connectivity index (χ3v) is 3.11. The lowest BCUT2D eigenvalue weighted by Gasteiger charge is -2.14. The summed E-state index contributed by atoms with van der Waals surface area (Å²) in [6, 6.07) is 4.67. The van der Waals surface area contributed by atoms with E-state index in [4.69, 9.17) is 10.8 Å². The van der Waals surface area contributed by atoms with Crippen LogP contribution in [-0.2, 0) is 4.79 Å². The number of nitrogens with one attached hydrogen (secondary N) is 1. The van der Waals surface area contributed by atoms with Crippen LogP contribution in [0.4, 0.5) is 5.69 Å². The second-order valence-electron chi connectivity index (χ2n) is 3.83. The Balaban J connectivity index is 2.97. The molecular formula is C12H15BrN2O3. The number of halogens is 1. The highest BCUT2D eigenvalue weighted by Crippen LogP contribution is 2.22. The van der Waals surface area contributed by atoms with Crippen molar-refractivity contribution < 1.29 is 14.7 Å². The zero-order valence-electron chi connectivity index (χ0n) is 9.94. The van der Waals surface area contributed by atoms with Gasteiger partial charge in [-0.2, -0.15) is 0 Å². The molecule has 5 nitrogen and oxygen atoms in total. The van der Waals surface area contributed by atoms with Gasteiger partial charge in [0.25, 0.3) is 0 Å². The Morgan fingerprint density at radius 2 is 2.17 bits per heavy atom. The van der Waals surface area contributed by atoms with Gasteiger partial charge >= 0.3 is 5.97 Å². The molecular weight excluding hydrogens is 300 g/mol. The summed E-state index contributed by atoms with van der Waals surface area (Å²) in [6.07, 6.45) is 0.612. The maximum atomic E-state index is 11.8. The fraction of sp³-hybridized carbons (Fsp3) is 0.333. The average Bonchev–Trinajstić information content (AvgIpc) is 2.32. The van der Waals surface area contributed by atoms with Crippen LogP contribution in [0.1, 0.15) is 23.7 Å². The SMILES string of the molecule is CCC(CN)C(=O)Nc1ccc(Br)cc1C(=O)O. The number of carboxylic acids is 1. The van der Waals surface area contributed by atoms with E-state index in [1.165, 1.54) is 6.07 Å². The first kappa shape index (κ1) is 14.7. The Hall–Kier alpha value is -1.40. The number of anilines is 1. The molecule has 18 heavy (non-hydrogen) atoms. The summed E-state index contributed by atoms with van der Waals surface area (Å²) in [5.74, 6) is -1.66. The van der Waals surface area contributed by atoms with E-state index in [9.17, 15) is 9.59 Å². The number of hydrogen-bond acceptors (Lipinski definition) is 3. The fourth-order valence-corrected chi connectivity index (χ4v) is 1.86. The van der Waals surface area contributed by atoms with Crippen LogP contribution in [0.25, 0.3) is 0 Å². The second kappa shape index (κ2) is 6.51. The van der Waals surface area contributed by atoms with Crippen molar-refractivity contribution in [3.05, 3.63) is 28.2 Å². The molecule has 0 aliphatic heterocycles. The molecule has 0 heterocycles. The topological polar surface area (TPSA) is 92.4 Å². The van der Waals surface area contributed by atoms with E-state index >= 15 is 0 Å². The molecule has 1 aromatic rings. The van der Waals surface area contributed by atoms with Gasteiger partial charge in [0, 0.05) is 11.0 Å². The molecule has 4 N–H and O–H groups in total. The Kier molecular flexibility index (Phi) is 5.30. The molecule has 0 fully saturated rings. The lowest BCUT2D eigenvalue weighted by molar-refractivity contribution is -0.119. The zero-order chi connectivity index (χ0) is 13.7. The summed E-state index contributed by atoms with van der Waals surface area (Å²) < 4.78 is 0.642. The molecule has 1 aromatic carbocycles. The van der Waals surface area contributed by atoms with Crippen molar-refractivity contribution in [1.29, 1.82) is 0 Å². The summed E-state index contributed by atoms with van der Waals surface area (Å²) >= 11 is 3.19. The first-order valence-electron chi connectivity index (χ1n) is 5.53. The Morgan fingerprint density at radius 1 is 1.50 bits per heavy atom. The van der Waals surface area contributed by atoms with E-state index in [0.717, 1.165) is 0 Å². The van der Waals surface area contributed by atoms with Crippen LogP contribution in [0.2, 0.25) is 0 Å². The molecule has 0 aromatic heterocycles. The molecule has 1 unspecified atom stereocenters. The largest absolute Gasteiger partial charge is 0.478 e. The molecule has 0 radical (unpaired) electrons. The maximum absolute atomic E-state index is 11.8. The van der Waals surface area contributed by atoms with E-state index in [0.29, 0.717) is 10.9 Å². The maximum Gasteiger partial charge on any atom is 0.337 e. The summed E-state index contributed by atoms with van der Waals surface area (Å²) in [4.78, 5) is 22.9. The summed E-state index contributed by atoms with van der Waals surface area (Å²) in [6.45, 7) is 2.10. The van der Waals surface area contributed by atoms with Crippen molar-refractivity contribution in [3.8, 4) is 0 Å². The number of carbonyl (C=O) groups excluding carboxylic acids is 1. The number of aromatic carboxylic acids is 1. The van der Waals surface area contributed by atoms with Crippen LogP contribution >= 0.6 is 15.9 Å². The predicted octanol–water partition coefficient (Wildman–Crippen LogP) is 2.07. The molecule has 0 spiro atoms. The minimum Gasteiger partial charge on any atom is -0.478 e. The number of carboxylic acid groups (broad SMARTS) is 1. The Bertz CT molecular complexity index is 459. The first-order chi connectivity index (χ1) is 8.49. The van der Waals surface area contributed by atoms with Gasteiger partial charge in [-0.15, -0.1) is 0 Å². The van der Waals surface area contributed by atoms with Crippen molar-refractivity contribution in [2.75, 3.05) is 11.9 Å². The predicted molar refractivity (Wildman–Crippen MR) is 72.6 cm³/mol. The van der Waals surface area contributed by atoms with Crippen molar-refractivity contribution in [2.45, 2.75) is 13.3 Å². The van der Waals surface area contributed by atoms with E-state index in [2.05, 4.69) is 21.2 Å². The zero-order valence-corrected chi connectivity index (χ0v) is 11.5. The van der Waals surface area contributed by atoms with Crippen molar-refractivity contribution in [2.24, 2.45) is 11.7 Å². The smallest absolute Gasteiger partial charge is 0.337 e. The minimum absolute atomic E-state index is 0.0459. The average molecular weight is 315 g/mol. The van der Waals surface area contributed by atoms with Gasteiger partial charge < -0.3 is 16.2 Å². The quantitative estimate of drug-likeness (QED) is 0.775. The lowest BCUT2D eigenvalue weighted by atomic mass is 10.1. The third kappa shape index (κ3) is 3.54. The van der Waals surface area contributed by atoms with Gasteiger partial charge in [-0.1, -0.05) is 22.9 Å². The summed E-state index contributed by atoms with van der Waals surface area (Å²) in [5, 5.41) is 11.7. The molecule has 0 aliphatic rings. The van der Waals surface area contributed by atoms with Crippen molar-refractivity contribution in [1.82, 2.24) is 0 Å². The lowest BCUT2D eigenvalue weighted by Crippen LogP contribution is -2.29. The van der Waals surface area contributed by atoms with Crippen LogP contribution in [-0.4, -0.2) is 23.5 Å². The highest BCUT2D eigenvalue weighted by atomic mass is 79.9. The molecule has 98 valence electrons. The highest BCUT2D eigenvalue weighted by Gasteiger charge is 2.18. The summed E-state index contributed by atoms with van der Waals surface area (Å²) in [5.41, 5.74) is 5.80. The molecule has 1 amide bonds. The number of rotatable bonds is 5. The van der Waals surface area contributed by atoms with Crippen LogP contribution < -0.4 is 11.1 Å². The number of benzene rings is 1. The number of amides is 1. The number of nitrogens with two attached hydrogens (primary N) is 1. The van der Waals surface area contributed by atoms with Crippen LogP contribution in [0.3, 0.4) is 0 Å². The fourth-order valence-electron chi connectivity index (χ4n) is 1.50. The molecule has 6 heteroatoms. The molecule has 0 saturated heterocycles. The first-order valence-corrected chi connectivity index (χ1v) is 6.32. The van der Waals surface area contributed by atoms with Gasteiger partial charge in [0.05, 0.1) is 17.2 Å². The van der Waals surface area contributed by atoms with E-state index in [1.54, 1.807) is 12.1 Å². The van der Waals surface area contributed by atoms with Crippen LogP contribution in [0.5, 0.6) is 0 Å². The van der Waals surface area contributed by atoms with Crippen molar-refractivity contribution >= 4 is 33.5 Å². The van der Waals surface area contributed by atoms with Gasteiger partial charge in [0.2, 0.25) is 5.91 Å². The normalized spacial score (nSPS) is 11.9.